The quantitative estimate of drug-likeness (QED) is 0.639. The molecule has 0 saturated heterocycles. The molecule has 1 aromatic carbocycles. The van der Waals surface area contributed by atoms with Gasteiger partial charge in [0.2, 0.25) is 0 Å². The van der Waals surface area contributed by atoms with E-state index in [-0.39, 0.29) is 6.61 Å². The number of benzene rings is 1. The van der Waals surface area contributed by atoms with Gasteiger partial charge in [-0.1, -0.05) is 36.4 Å². The second-order valence-corrected chi connectivity index (χ2v) is 3.85. The van der Waals surface area contributed by atoms with E-state index >= 15 is 0 Å². The van der Waals surface area contributed by atoms with Crippen molar-refractivity contribution >= 4 is 12.1 Å². The van der Waals surface area contributed by atoms with Crippen molar-refractivity contribution in [2.75, 3.05) is 13.8 Å². The Morgan fingerprint density at radius 1 is 1.35 bits per heavy atom. The molecule has 0 aliphatic rings. The molecule has 0 aliphatic carbocycles. The third-order valence-electron chi connectivity index (χ3n) is 2.35. The highest BCUT2D eigenvalue weighted by Gasteiger charge is 2.10. The van der Waals surface area contributed by atoms with Crippen LogP contribution in [0.4, 0.5) is 9.18 Å². The van der Waals surface area contributed by atoms with Gasteiger partial charge in [0.05, 0.1) is 13.2 Å². The lowest BCUT2D eigenvalue weighted by Gasteiger charge is -2.11. The van der Waals surface area contributed by atoms with Crippen LogP contribution in [0.5, 0.6) is 0 Å². The number of carbonyl (C=O) groups excluding carboxylic acids is 2. The molecule has 6 heteroatoms. The second-order valence-electron chi connectivity index (χ2n) is 3.85. The standard InChI is InChI=1S/C14H16FNO4/c1-19-13(17)8-7-12(9-15)16-14(18)20-10-11-5-3-2-4-6-11/h2-8,12H,9-10H2,1H3,(H,16,18). The van der Waals surface area contributed by atoms with Crippen molar-refractivity contribution in [2.45, 2.75) is 12.6 Å². The van der Waals surface area contributed by atoms with E-state index in [1.807, 2.05) is 18.2 Å². The van der Waals surface area contributed by atoms with E-state index in [0.29, 0.717) is 0 Å². The summed E-state index contributed by atoms with van der Waals surface area (Å²) in [7, 11) is 1.21. The molecule has 0 saturated carbocycles. The molecule has 1 rings (SSSR count). The van der Waals surface area contributed by atoms with E-state index in [4.69, 9.17) is 4.74 Å². The van der Waals surface area contributed by atoms with Crippen molar-refractivity contribution in [3.05, 3.63) is 48.0 Å². The fourth-order valence-corrected chi connectivity index (χ4v) is 1.32. The number of ether oxygens (including phenoxy) is 2. The van der Waals surface area contributed by atoms with E-state index in [9.17, 15) is 14.0 Å². The van der Waals surface area contributed by atoms with Crippen LogP contribution in [0, 0.1) is 0 Å². The first-order valence-corrected chi connectivity index (χ1v) is 5.95. The van der Waals surface area contributed by atoms with Crippen molar-refractivity contribution < 1.29 is 23.5 Å². The largest absolute Gasteiger partial charge is 0.466 e. The van der Waals surface area contributed by atoms with Crippen LogP contribution in [0.3, 0.4) is 0 Å². The predicted molar refractivity (Wildman–Crippen MR) is 70.7 cm³/mol. The van der Waals surface area contributed by atoms with Gasteiger partial charge < -0.3 is 14.8 Å². The number of halogens is 1. The van der Waals surface area contributed by atoms with Crippen molar-refractivity contribution in [3.63, 3.8) is 0 Å². The maximum absolute atomic E-state index is 12.7. The first-order chi connectivity index (χ1) is 9.65. The molecule has 0 radical (unpaired) electrons. The van der Waals surface area contributed by atoms with Gasteiger partial charge in [-0.15, -0.1) is 0 Å². The number of methoxy groups -OCH3 is 1. The zero-order valence-corrected chi connectivity index (χ0v) is 11.0. The zero-order chi connectivity index (χ0) is 14.8. The van der Waals surface area contributed by atoms with Gasteiger partial charge in [0, 0.05) is 6.08 Å². The Labute approximate surface area is 116 Å². The number of hydrogen-bond donors (Lipinski definition) is 1. The predicted octanol–water partition coefficient (Wildman–Crippen LogP) is 1.98. The van der Waals surface area contributed by atoms with Gasteiger partial charge in [-0.2, -0.15) is 0 Å². The maximum atomic E-state index is 12.7. The molecule has 0 bridgehead atoms. The first-order valence-electron chi connectivity index (χ1n) is 5.95. The third-order valence-corrected chi connectivity index (χ3v) is 2.35. The van der Waals surface area contributed by atoms with Gasteiger partial charge in [0.15, 0.2) is 0 Å². The molecule has 1 amide bonds. The molecule has 0 spiro atoms. The monoisotopic (exact) mass is 281 g/mol. The minimum absolute atomic E-state index is 0.0897. The molecule has 1 atom stereocenters. The third kappa shape index (κ3) is 5.99. The molecule has 108 valence electrons. The van der Waals surface area contributed by atoms with Crippen LogP contribution in [0.2, 0.25) is 0 Å². The van der Waals surface area contributed by atoms with Gasteiger partial charge >= 0.3 is 12.1 Å². The van der Waals surface area contributed by atoms with Gasteiger partial charge in [-0.25, -0.2) is 14.0 Å². The number of amides is 1. The summed E-state index contributed by atoms with van der Waals surface area (Å²) in [5, 5.41) is 2.29. The summed E-state index contributed by atoms with van der Waals surface area (Å²) in [6, 6.07) is 8.16. The Morgan fingerprint density at radius 3 is 2.65 bits per heavy atom. The van der Waals surface area contributed by atoms with Crippen LogP contribution in [0.1, 0.15) is 5.56 Å². The number of rotatable bonds is 6. The van der Waals surface area contributed by atoms with Crippen LogP contribution in [0.15, 0.2) is 42.5 Å². The Morgan fingerprint density at radius 2 is 2.05 bits per heavy atom. The molecule has 20 heavy (non-hydrogen) atoms. The highest BCUT2D eigenvalue weighted by molar-refractivity contribution is 5.82. The normalized spacial score (nSPS) is 11.9. The summed E-state index contributed by atoms with van der Waals surface area (Å²) in [6.07, 6.45) is 1.49. The lowest BCUT2D eigenvalue weighted by Crippen LogP contribution is -2.35. The Balaban J connectivity index is 2.39. The Bertz CT molecular complexity index is 462. The van der Waals surface area contributed by atoms with Crippen molar-refractivity contribution in [1.29, 1.82) is 0 Å². The van der Waals surface area contributed by atoms with Crippen LogP contribution >= 0.6 is 0 Å². The lowest BCUT2D eigenvalue weighted by molar-refractivity contribution is -0.134. The van der Waals surface area contributed by atoms with Gasteiger partial charge in [-0.3, -0.25) is 0 Å². The summed E-state index contributed by atoms with van der Waals surface area (Å²) >= 11 is 0. The van der Waals surface area contributed by atoms with Crippen molar-refractivity contribution in [3.8, 4) is 0 Å². The average Bonchev–Trinajstić information content (AvgIpc) is 2.49. The number of hydrogen-bond acceptors (Lipinski definition) is 4. The summed E-state index contributed by atoms with van der Waals surface area (Å²) in [5.41, 5.74) is 0.824. The fourth-order valence-electron chi connectivity index (χ4n) is 1.32. The Kier molecular flexibility index (Phi) is 6.81. The molecule has 0 heterocycles. The Hall–Kier alpha value is -2.37. The topological polar surface area (TPSA) is 64.6 Å². The van der Waals surface area contributed by atoms with Gasteiger partial charge in [-0.05, 0) is 5.56 Å². The molecule has 1 N–H and O–H groups in total. The molecular formula is C14H16FNO4. The number of carbonyl (C=O) groups is 2. The molecule has 0 aliphatic heterocycles. The molecule has 1 aromatic rings. The highest BCUT2D eigenvalue weighted by atomic mass is 19.1. The van der Waals surface area contributed by atoms with Gasteiger partial charge in [0.25, 0.3) is 0 Å². The minimum Gasteiger partial charge on any atom is -0.466 e. The fraction of sp³-hybridized carbons (Fsp3) is 0.286. The van der Waals surface area contributed by atoms with E-state index in [1.165, 1.54) is 13.2 Å². The average molecular weight is 281 g/mol. The van der Waals surface area contributed by atoms with Crippen LogP contribution in [-0.2, 0) is 20.9 Å². The number of alkyl halides is 1. The van der Waals surface area contributed by atoms with E-state index in [0.717, 1.165) is 11.6 Å². The van der Waals surface area contributed by atoms with E-state index in [2.05, 4.69) is 10.1 Å². The number of alkyl carbamates (subject to hydrolysis) is 1. The van der Waals surface area contributed by atoms with Crippen LogP contribution in [-0.4, -0.2) is 31.9 Å². The summed E-state index contributed by atoms with van der Waals surface area (Å²) in [6.45, 7) is -0.764. The zero-order valence-electron chi connectivity index (χ0n) is 11.0. The van der Waals surface area contributed by atoms with E-state index in [1.54, 1.807) is 12.1 Å². The summed E-state index contributed by atoms with van der Waals surface area (Å²) in [5.74, 6) is -0.622. The van der Waals surface area contributed by atoms with Gasteiger partial charge in [0.1, 0.15) is 13.3 Å². The van der Waals surface area contributed by atoms with Crippen molar-refractivity contribution in [1.82, 2.24) is 5.32 Å². The maximum Gasteiger partial charge on any atom is 0.408 e. The molecule has 0 aromatic heterocycles. The summed E-state index contributed by atoms with van der Waals surface area (Å²) < 4.78 is 22.0. The first kappa shape index (κ1) is 15.7. The SMILES string of the molecule is COC(=O)C=CC(CF)NC(=O)OCc1ccccc1. The number of nitrogens with one attached hydrogen (secondary N) is 1. The summed E-state index contributed by atoms with van der Waals surface area (Å²) in [4.78, 5) is 22.3. The highest BCUT2D eigenvalue weighted by Crippen LogP contribution is 2.01. The second kappa shape index (κ2) is 8.68. The molecule has 1 unspecified atom stereocenters. The van der Waals surface area contributed by atoms with E-state index < -0.39 is 24.8 Å². The smallest absolute Gasteiger partial charge is 0.408 e. The molecule has 5 nitrogen and oxygen atoms in total. The minimum atomic E-state index is -0.933. The number of esters is 1. The van der Waals surface area contributed by atoms with Crippen LogP contribution in [0.25, 0.3) is 0 Å². The van der Waals surface area contributed by atoms with Crippen molar-refractivity contribution in [2.24, 2.45) is 0 Å². The molecular weight excluding hydrogens is 265 g/mol. The van der Waals surface area contributed by atoms with Crippen LogP contribution < -0.4 is 5.32 Å². The molecule has 0 fully saturated rings. The lowest BCUT2D eigenvalue weighted by atomic mass is 10.2.